The highest BCUT2D eigenvalue weighted by molar-refractivity contribution is 5.83. The zero-order chi connectivity index (χ0) is 17.3. The van der Waals surface area contributed by atoms with E-state index in [0.717, 1.165) is 47.4 Å². The van der Waals surface area contributed by atoms with E-state index < -0.39 is 0 Å². The van der Waals surface area contributed by atoms with E-state index in [1.165, 1.54) is 5.56 Å². The van der Waals surface area contributed by atoms with Crippen LogP contribution in [0.5, 0.6) is 0 Å². The first-order valence-electron chi connectivity index (χ1n) is 8.36. The standard InChI is InChI=1S/C19H24N4O/c1-5-8-23-12-16(14(3)21-23)11-20-17-6-7-18-15(10-17)9-13(2)19(24)22(18)4/h6-7,9-10,12,20H,5,8,11H2,1-4H3. The van der Waals surface area contributed by atoms with Crippen molar-refractivity contribution in [3.63, 3.8) is 0 Å². The Bertz CT molecular complexity index is 936. The first kappa shape index (κ1) is 16.3. The molecule has 2 heterocycles. The predicted molar refractivity (Wildman–Crippen MR) is 98.5 cm³/mol. The minimum atomic E-state index is 0.0576. The van der Waals surface area contributed by atoms with Gasteiger partial charge in [-0.3, -0.25) is 9.48 Å². The van der Waals surface area contributed by atoms with Gasteiger partial charge in [0.2, 0.25) is 0 Å². The topological polar surface area (TPSA) is 51.9 Å². The number of hydrogen-bond acceptors (Lipinski definition) is 3. The highest BCUT2D eigenvalue weighted by Gasteiger charge is 2.06. The predicted octanol–water partition coefficient (Wildman–Crippen LogP) is 3.37. The van der Waals surface area contributed by atoms with E-state index in [4.69, 9.17) is 0 Å². The van der Waals surface area contributed by atoms with Crippen LogP contribution in [0.1, 0.15) is 30.2 Å². The lowest BCUT2D eigenvalue weighted by Crippen LogP contribution is -2.19. The van der Waals surface area contributed by atoms with Crippen molar-refractivity contribution < 1.29 is 0 Å². The van der Waals surface area contributed by atoms with Crippen molar-refractivity contribution in [3.05, 3.63) is 57.6 Å². The Kier molecular flexibility index (Phi) is 4.42. The Labute approximate surface area is 141 Å². The second-order valence-electron chi connectivity index (χ2n) is 6.32. The number of benzene rings is 1. The van der Waals surface area contributed by atoms with Gasteiger partial charge in [-0.15, -0.1) is 0 Å². The first-order valence-corrected chi connectivity index (χ1v) is 8.36. The zero-order valence-corrected chi connectivity index (χ0v) is 14.8. The van der Waals surface area contributed by atoms with Gasteiger partial charge in [-0.2, -0.15) is 5.10 Å². The molecule has 3 rings (SSSR count). The molecule has 2 aromatic heterocycles. The fraction of sp³-hybridized carbons (Fsp3) is 0.368. The van der Waals surface area contributed by atoms with Crippen LogP contribution in [-0.4, -0.2) is 14.3 Å². The van der Waals surface area contributed by atoms with Crippen LogP contribution < -0.4 is 10.9 Å². The number of aromatic nitrogens is 3. The molecule has 3 aromatic rings. The maximum absolute atomic E-state index is 12.0. The normalized spacial score (nSPS) is 11.2. The molecule has 0 saturated carbocycles. The molecule has 1 N–H and O–H groups in total. The summed E-state index contributed by atoms with van der Waals surface area (Å²) in [6, 6.07) is 8.05. The number of nitrogens with one attached hydrogen (secondary N) is 1. The molecule has 24 heavy (non-hydrogen) atoms. The number of hydrogen-bond donors (Lipinski definition) is 1. The molecule has 0 unspecified atom stereocenters. The lowest BCUT2D eigenvalue weighted by molar-refractivity contribution is 0.598. The number of pyridine rings is 1. The minimum Gasteiger partial charge on any atom is -0.381 e. The lowest BCUT2D eigenvalue weighted by Gasteiger charge is -2.10. The summed E-state index contributed by atoms with van der Waals surface area (Å²) >= 11 is 0. The summed E-state index contributed by atoms with van der Waals surface area (Å²) in [4.78, 5) is 12.0. The Balaban J connectivity index is 1.83. The van der Waals surface area contributed by atoms with Crippen molar-refractivity contribution in [1.82, 2.24) is 14.3 Å². The molecule has 1 aromatic carbocycles. The molecule has 0 aliphatic carbocycles. The Morgan fingerprint density at radius 3 is 2.75 bits per heavy atom. The average Bonchev–Trinajstić information content (AvgIpc) is 2.90. The zero-order valence-electron chi connectivity index (χ0n) is 14.8. The first-order chi connectivity index (χ1) is 11.5. The molecule has 5 nitrogen and oxygen atoms in total. The molecule has 0 spiro atoms. The lowest BCUT2D eigenvalue weighted by atomic mass is 10.1. The quantitative estimate of drug-likeness (QED) is 0.783. The van der Waals surface area contributed by atoms with E-state index in [0.29, 0.717) is 0 Å². The van der Waals surface area contributed by atoms with Crippen LogP contribution in [0.15, 0.2) is 35.3 Å². The van der Waals surface area contributed by atoms with Crippen LogP contribution in [0.2, 0.25) is 0 Å². The number of rotatable bonds is 5. The molecule has 5 heteroatoms. The molecule has 0 saturated heterocycles. The Morgan fingerprint density at radius 1 is 1.21 bits per heavy atom. The van der Waals surface area contributed by atoms with Crippen molar-refractivity contribution in [3.8, 4) is 0 Å². The summed E-state index contributed by atoms with van der Waals surface area (Å²) in [6.07, 6.45) is 3.19. The third-order valence-corrected chi connectivity index (χ3v) is 4.39. The summed E-state index contributed by atoms with van der Waals surface area (Å²) in [5.74, 6) is 0. The van der Waals surface area contributed by atoms with Gasteiger partial charge >= 0.3 is 0 Å². The van der Waals surface area contributed by atoms with E-state index in [9.17, 15) is 4.79 Å². The van der Waals surface area contributed by atoms with Crippen molar-refractivity contribution in [2.24, 2.45) is 7.05 Å². The number of anilines is 1. The Hall–Kier alpha value is -2.56. The van der Waals surface area contributed by atoms with Crippen LogP contribution in [0.25, 0.3) is 10.9 Å². The summed E-state index contributed by atoms with van der Waals surface area (Å²) in [5, 5.41) is 9.06. The van der Waals surface area contributed by atoms with E-state index in [1.807, 2.05) is 43.8 Å². The van der Waals surface area contributed by atoms with Gasteiger partial charge in [0.05, 0.1) is 11.2 Å². The van der Waals surface area contributed by atoms with E-state index >= 15 is 0 Å². The number of aryl methyl sites for hydroxylation is 4. The van der Waals surface area contributed by atoms with Gasteiger partial charge < -0.3 is 9.88 Å². The maximum atomic E-state index is 12.0. The molecule has 126 valence electrons. The van der Waals surface area contributed by atoms with Crippen LogP contribution in [0, 0.1) is 13.8 Å². The van der Waals surface area contributed by atoms with Gasteiger partial charge in [-0.25, -0.2) is 0 Å². The van der Waals surface area contributed by atoms with Crippen LogP contribution in [0.3, 0.4) is 0 Å². The molecule has 0 aliphatic rings. The van der Waals surface area contributed by atoms with Gasteiger partial charge in [-0.1, -0.05) is 6.92 Å². The number of nitrogens with zero attached hydrogens (tertiary/aromatic N) is 3. The molecule has 0 fully saturated rings. The van der Waals surface area contributed by atoms with Gasteiger partial charge in [0.25, 0.3) is 5.56 Å². The third kappa shape index (κ3) is 3.07. The fourth-order valence-electron chi connectivity index (χ4n) is 3.03. The minimum absolute atomic E-state index is 0.0576. The fourth-order valence-corrected chi connectivity index (χ4v) is 3.03. The van der Waals surface area contributed by atoms with Gasteiger partial charge in [0.15, 0.2) is 0 Å². The highest BCUT2D eigenvalue weighted by atomic mass is 16.1. The van der Waals surface area contributed by atoms with Crippen LogP contribution in [0.4, 0.5) is 5.69 Å². The monoisotopic (exact) mass is 324 g/mol. The molecule has 0 radical (unpaired) electrons. The molecular formula is C19H24N4O. The van der Waals surface area contributed by atoms with Gasteiger partial charge in [-0.05, 0) is 44.5 Å². The van der Waals surface area contributed by atoms with E-state index in [-0.39, 0.29) is 5.56 Å². The van der Waals surface area contributed by atoms with Gasteiger partial charge in [0, 0.05) is 48.5 Å². The molecular weight excluding hydrogens is 300 g/mol. The van der Waals surface area contributed by atoms with Crippen LogP contribution >= 0.6 is 0 Å². The highest BCUT2D eigenvalue weighted by Crippen LogP contribution is 2.19. The summed E-state index contributed by atoms with van der Waals surface area (Å²) < 4.78 is 3.71. The van der Waals surface area contributed by atoms with Crippen molar-refractivity contribution in [2.75, 3.05) is 5.32 Å². The Morgan fingerprint density at radius 2 is 2.00 bits per heavy atom. The number of fused-ring (bicyclic) bond motifs is 1. The summed E-state index contributed by atoms with van der Waals surface area (Å²) in [5.41, 5.74) is 5.09. The van der Waals surface area contributed by atoms with Crippen molar-refractivity contribution >= 4 is 16.6 Å². The maximum Gasteiger partial charge on any atom is 0.253 e. The molecule has 0 amide bonds. The summed E-state index contributed by atoms with van der Waals surface area (Å²) in [6.45, 7) is 7.74. The third-order valence-electron chi connectivity index (χ3n) is 4.39. The van der Waals surface area contributed by atoms with E-state index in [1.54, 1.807) is 4.57 Å². The molecule has 0 bridgehead atoms. The molecule has 0 aliphatic heterocycles. The van der Waals surface area contributed by atoms with E-state index in [2.05, 4.69) is 29.6 Å². The van der Waals surface area contributed by atoms with Crippen molar-refractivity contribution in [1.29, 1.82) is 0 Å². The molecule has 0 atom stereocenters. The smallest absolute Gasteiger partial charge is 0.253 e. The average molecular weight is 324 g/mol. The van der Waals surface area contributed by atoms with Crippen LogP contribution in [-0.2, 0) is 20.1 Å². The second kappa shape index (κ2) is 6.51. The summed E-state index contributed by atoms with van der Waals surface area (Å²) in [7, 11) is 1.82. The van der Waals surface area contributed by atoms with Gasteiger partial charge in [0.1, 0.15) is 0 Å². The van der Waals surface area contributed by atoms with Crippen molar-refractivity contribution in [2.45, 2.75) is 40.3 Å². The second-order valence-corrected chi connectivity index (χ2v) is 6.32. The largest absolute Gasteiger partial charge is 0.381 e. The SMILES string of the molecule is CCCn1cc(CNc2ccc3c(c2)cc(C)c(=O)n3C)c(C)n1.